The van der Waals surface area contributed by atoms with Gasteiger partial charge in [0.15, 0.2) is 26.9 Å². The molecule has 1 fully saturated rings. The zero-order valence-electron chi connectivity index (χ0n) is 32.3. The third-order valence-electron chi connectivity index (χ3n) is 11.2. The van der Waals surface area contributed by atoms with Gasteiger partial charge in [0.05, 0.1) is 23.9 Å². The molecule has 1 unspecified atom stereocenters. The molecule has 1 saturated carbocycles. The maximum atomic E-state index is 14.4. The van der Waals surface area contributed by atoms with Gasteiger partial charge in [-0.15, -0.1) is 0 Å². The Morgan fingerprint density at radius 1 is 1.02 bits per heavy atom. The monoisotopic (exact) mass is 833 g/mol. The molecule has 0 spiro atoms. The normalized spacial score (nSPS) is 18.4. The van der Waals surface area contributed by atoms with E-state index in [1.54, 1.807) is 36.4 Å². The minimum Gasteiger partial charge on any atom is -0.493 e. The van der Waals surface area contributed by atoms with Crippen LogP contribution in [-0.2, 0) is 39.0 Å². The maximum Gasteiger partial charge on any atom is 0.326 e. The molecule has 3 atom stereocenters. The van der Waals surface area contributed by atoms with Crippen LogP contribution in [0.1, 0.15) is 65.3 Å². The average molecular weight is 834 g/mol. The van der Waals surface area contributed by atoms with Crippen molar-refractivity contribution >= 4 is 38.4 Å². The molecule has 8 rings (SSSR count). The lowest BCUT2D eigenvalue weighted by molar-refractivity contribution is -0.142. The third-order valence-corrected chi connectivity index (χ3v) is 14.6. The van der Waals surface area contributed by atoms with E-state index in [0.717, 1.165) is 38.1 Å². The molecule has 5 aromatic rings. The first-order valence-corrected chi connectivity index (χ1v) is 21.8. The van der Waals surface area contributed by atoms with Gasteiger partial charge in [0.2, 0.25) is 5.91 Å². The van der Waals surface area contributed by atoms with Crippen molar-refractivity contribution in [3.8, 4) is 34.4 Å². The Labute approximate surface area is 346 Å². The fourth-order valence-electron chi connectivity index (χ4n) is 7.96. The summed E-state index contributed by atoms with van der Waals surface area (Å²) in [4.78, 5) is 30.9. The lowest BCUT2D eigenvalue weighted by Crippen LogP contribution is -2.55. The molecule has 1 amide bonds. The number of ether oxygens (including phenoxy) is 3. The highest BCUT2D eigenvalue weighted by atomic mass is 32.2. The molecule has 304 valence electrons. The Hall–Kier alpha value is -5.95. The smallest absolute Gasteiger partial charge is 0.326 e. The highest BCUT2D eigenvalue weighted by molar-refractivity contribution is 7.91. The number of nitrogens with two attached hydrogens (primary N) is 1. The Morgan fingerprint density at radius 3 is 2.34 bits per heavy atom. The summed E-state index contributed by atoms with van der Waals surface area (Å²) >= 11 is 0.806. The van der Waals surface area contributed by atoms with Gasteiger partial charge in [-0.05, 0) is 102 Å². The molecule has 2 aliphatic heterocycles. The first kappa shape index (κ1) is 39.9. The number of carbonyl (C=O) groups is 2. The Morgan fingerprint density at radius 2 is 1.69 bits per heavy atom. The number of aliphatic carboxylic acids is 1. The largest absolute Gasteiger partial charge is 0.493 e. The van der Waals surface area contributed by atoms with Crippen LogP contribution in [0.25, 0.3) is 11.1 Å². The number of hydrogen-bond donors (Lipinski definition) is 3. The van der Waals surface area contributed by atoms with Gasteiger partial charge >= 0.3 is 5.97 Å². The molecule has 15 heteroatoms. The Balaban J connectivity index is 1.01. The lowest BCUT2D eigenvalue weighted by Gasteiger charge is -2.36. The molecule has 3 aliphatic rings. The minimum absolute atomic E-state index is 0.0503. The van der Waals surface area contributed by atoms with E-state index in [2.05, 4.69) is 16.4 Å². The zero-order chi connectivity index (χ0) is 41.3. The number of carbonyl (C=O) groups excluding carboxylic acids is 1. The predicted molar refractivity (Wildman–Crippen MR) is 221 cm³/mol. The van der Waals surface area contributed by atoms with Crippen molar-refractivity contribution < 1.29 is 37.3 Å². The number of benzene rings is 4. The molecule has 4 aromatic carbocycles. The van der Waals surface area contributed by atoms with Crippen molar-refractivity contribution in [1.29, 1.82) is 5.26 Å². The first-order chi connectivity index (χ1) is 28.4. The van der Waals surface area contributed by atoms with Crippen molar-refractivity contribution in [1.82, 2.24) is 14.6 Å². The summed E-state index contributed by atoms with van der Waals surface area (Å²) in [6.07, 6.45) is 4.40. The van der Waals surface area contributed by atoms with Crippen LogP contribution >= 0.6 is 11.3 Å². The molecule has 0 bridgehead atoms. The number of sulfonamides is 1. The number of hydrogen-bond acceptors (Lipinski definition) is 11. The van der Waals surface area contributed by atoms with Crippen LogP contribution in [0, 0.1) is 24.2 Å². The van der Waals surface area contributed by atoms with Gasteiger partial charge in [0, 0.05) is 13.0 Å². The average Bonchev–Trinajstić information content (AvgIpc) is 3.90. The van der Waals surface area contributed by atoms with E-state index in [1.807, 2.05) is 48.5 Å². The third kappa shape index (κ3) is 8.61. The van der Waals surface area contributed by atoms with E-state index in [1.165, 1.54) is 32.6 Å². The van der Waals surface area contributed by atoms with Crippen LogP contribution in [0.4, 0.5) is 5.13 Å². The molecule has 0 radical (unpaired) electrons. The van der Waals surface area contributed by atoms with Gasteiger partial charge in [0.1, 0.15) is 24.4 Å². The van der Waals surface area contributed by atoms with Crippen molar-refractivity contribution in [3.63, 3.8) is 0 Å². The second-order valence-electron chi connectivity index (χ2n) is 15.2. The number of carboxylic acid groups (broad SMARTS) is 1. The fraction of sp³-hybridized carbons (Fsp3) is 0.318. The molecule has 1 aromatic heterocycles. The second kappa shape index (κ2) is 16.7. The number of anilines is 1. The van der Waals surface area contributed by atoms with E-state index in [4.69, 9.17) is 25.2 Å². The number of fused-ring (bicyclic) bond motifs is 2. The molecule has 3 heterocycles. The highest BCUT2D eigenvalue weighted by Gasteiger charge is 2.43. The summed E-state index contributed by atoms with van der Waals surface area (Å²) in [6.45, 7) is 2.29. The topological polar surface area (TPSA) is 194 Å². The number of amides is 1. The molecule has 59 heavy (non-hydrogen) atoms. The number of thiazole rings is 1. The van der Waals surface area contributed by atoms with E-state index >= 15 is 0 Å². The van der Waals surface area contributed by atoms with Crippen LogP contribution in [0.3, 0.4) is 0 Å². The van der Waals surface area contributed by atoms with Crippen molar-refractivity contribution in [2.45, 2.75) is 74.4 Å². The molecule has 0 saturated heterocycles. The minimum atomic E-state index is -4.35. The summed E-state index contributed by atoms with van der Waals surface area (Å²) in [5, 5.41) is 22.1. The molecule has 13 nitrogen and oxygen atoms in total. The lowest BCUT2D eigenvalue weighted by atomic mass is 9.94. The summed E-state index contributed by atoms with van der Waals surface area (Å²) in [6, 6.07) is 25.1. The van der Waals surface area contributed by atoms with Crippen molar-refractivity contribution in [2.24, 2.45) is 5.92 Å². The summed E-state index contributed by atoms with van der Waals surface area (Å²) in [7, 11) is -4.35. The predicted octanol–water partition coefficient (Wildman–Crippen LogP) is 6.58. The van der Waals surface area contributed by atoms with E-state index in [0.29, 0.717) is 46.3 Å². The maximum absolute atomic E-state index is 14.4. The SMILES string of the molecule is Cc1nc(N)sc1S(=O)(=O)N1Cc2cc3c(cc2C[C@H]1C(=O)N[C@@H](Cc1ccc(-c2ccc(C#N)cc2)cc1)C(=O)O)OCC(c1ccc(OCC2CCCC2)cc1)O3. The fourth-order valence-corrected chi connectivity index (χ4v) is 10.9. The number of nitrogen functional groups attached to an aromatic ring is 1. The Kier molecular flexibility index (Phi) is 11.3. The van der Waals surface area contributed by atoms with E-state index < -0.39 is 40.1 Å². The number of nitrogens with zero attached hydrogens (tertiary/aromatic N) is 3. The number of nitriles is 1. The number of aryl methyl sites for hydroxylation is 1. The van der Waals surface area contributed by atoms with Crippen LogP contribution in [0.15, 0.2) is 89.1 Å². The number of aromatic nitrogens is 1. The van der Waals surface area contributed by atoms with Crippen molar-refractivity contribution in [3.05, 3.63) is 118 Å². The van der Waals surface area contributed by atoms with E-state index in [9.17, 15) is 23.1 Å². The molecular formula is C44H43N5O8S2. The summed E-state index contributed by atoms with van der Waals surface area (Å²) in [5.74, 6) is 0.273. The molecule has 1 aliphatic carbocycles. The summed E-state index contributed by atoms with van der Waals surface area (Å²) in [5.41, 5.74) is 11.3. The van der Waals surface area contributed by atoms with Gasteiger partial charge in [-0.25, -0.2) is 18.2 Å². The number of rotatable bonds is 12. The van der Waals surface area contributed by atoms with Crippen LogP contribution in [-0.4, -0.2) is 60.0 Å². The standard InChI is InChI=1S/C44H43N5O8S2/c1-26-43(58-44(46)47-26)59(53,54)49-23-34-21-39-38(56-25-40(57-39)32-14-16-35(17-15-32)55-24-29-4-2-3-5-29)20-33(34)19-37(49)41(50)48-36(42(51)52)18-27-6-10-30(11-7-27)31-12-8-28(22-45)9-13-31/h6-17,20-21,29,36-37,40H,2-5,18-19,23-25H2,1H3,(H2,46,47)(H,48,50)(H,51,52)/t36-,37-,40?/m0/s1. The van der Waals surface area contributed by atoms with Gasteiger partial charge in [-0.3, -0.25) is 4.79 Å². The van der Waals surface area contributed by atoms with Gasteiger partial charge in [-0.1, -0.05) is 72.7 Å². The van der Waals surface area contributed by atoms with Gasteiger partial charge in [0.25, 0.3) is 10.0 Å². The number of carboxylic acids is 1. The summed E-state index contributed by atoms with van der Waals surface area (Å²) < 4.78 is 48.4. The molecule has 4 N–H and O–H groups in total. The van der Waals surface area contributed by atoms with Crippen LogP contribution in [0.5, 0.6) is 17.2 Å². The molecular weight excluding hydrogens is 791 g/mol. The Bertz CT molecular complexity index is 2510. The zero-order valence-corrected chi connectivity index (χ0v) is 33.9. The second-order valence-corrected chi connectivity index (χ2v) is 18.3. The number of nitrogens with one attached hydrogen (secondary N) is 1. The van der Waals surface area contributed by atoms with Gasteiger partial charge < -0.3 is 30.4 Å². The van der Waals surface area contributed by atoms with Crippen LogP contribution in [0.2, 0.25) is 0 Å². The van der Waals surface area contributed by atoms with Crippen molar-refractivity contribution in [2.75, 3.05) is 18.9 Å². The quantitative estimate of drug-likeness (QED) is 0.123. The van der Waals surface area contributed by atoms with Gasteiger partial charge in [-0.2, -0.15) is 9.57 Å². The highest BCUT2D eigenvalue weighted by Crippen LogP contribution is 2.42. The van der Waals surface area contributed by atoms with E-state index in [-0.39, 0.29) is 41.0 Å². The first-order valence-electron chi connectivity index (χ1n) is 19.5. The van der Waals surface area contributed by atoms with Crippen LogP contribution < -0.4 is 25.3 Å².